The molecule has 0 saturated carbocycles. The van der Waals surface area contributed by atoms with Gasteiger partial charge in [-0.25, -0.2) is 0 Å². The number of nitrogens with one attached hydrogen (secondary N) is 2. The number of halogens is 3. The molecule has 2 aromatic rings. The van der Waals surface area contributed by atoms with E-state index in [0.29, 0.717) is 11.1 Å². The van der Waals surface area contributed by atoms with Crippen LogP contribution in [0.1, 0.15) is 27.0 Å². The van der Waals surface area contributed by atoms with Gasteiger partial charge in [0.2, 0.25) is 0 Å². The first-order valence-electron chi connectivity index (χ1n) is 7.28. The summed E-state index contributed by atoms with van der Waals surface area (Å²) in [5.74, 6) is -1.09. The van der Waals surface area contributed by atoms with Crippen molar-refractivity contribution in [3.8, 4) is 0 Å². The van der Waals surface area contributed by atoms with Crippen LogP contribution in [-0.2, 0) is 11.0 Å². The van der Waals surface area contributed by atoms with Crippen molar-refractivity contribution in [3.63, 3.8) is 0 Å². The van der Waals surface area contributed by atoms with E-state index in [4.69, 9.17) is 0 Å². The summed E-state index contributed by atoms with van der Waals surface area (Å²) in [7, 11) is 0. The molecule has 0 spiro atoms. The number of alkyl halides is 3. The van der Waals surface area contributed by atoms with Gasteiger partial charge in [-0.1, -0.05) is 29.8 Å². The van der Waals surface area contributed by atoms with E-state index in [1.165, 1.54) is 18.2 Å². The van der Waals surface area contributed by atoms with Crippen molar-refractivity contribution in [1.82, 2.24) is 10.9 Å². The van der Waals surface area contributed by atoms with Crippen LogP contribution in [0.3, 0.4) is 0 Å². The molecule has 0 aliphatic rings. The predicted octanol–water partition coefficient (Wildman–Crippen LogP) is 3.49. The minimum absolute atomic E-state index is 0.387. The Labute approximate surface area is 142 Å². The predicted molar refractivity (Wildman–Crippen MR) is 87.3 cm³/mol. The SMILES string of the molecule is Cc1ccc(C(=O)NNC(=O)/C=C/c2ccc(C(F)(F)F)cc2)cc1. The summed E-state index contributed by atoms with van der Waals surface area (Å²) >= 11 is 0. The minimum atomic E-state index is -4.40. The standard InChI is InChI=1S/C18H15F3N2O2/c1-12-2-7-14(8-3-12)17(25)23-22-16(24)11-6-13-4-9-15(10-5-13)18(19,20)21/h2-11H,1H3,(H,22,24)(H,23,25)/b11-6+. The molecule has 130 valence electrons. The van der Waals surface area contributed by atoms with Crippen LogP contribution in [0.15, 0.2) is 54.6 Å². The molecular weight excluding hydrogens is 333 g/mol. The first kappa shape index (κ1) is 18.3. The quantitative estimate of drug-likeness (QED) is 0.659. The summed E-state index contributed by atoms with van der Waals surface area (Å²) in [6.07, 6.45) is -1.95. The molecule has 2 aromatic carbocycles. The van der Waals surface area contributed by atoms with E-state index in [1.54, 1.807) is 24.3 Å². The van der Waals surface area contributed by atoms with E-state index >= 15 is 0 Å². The van der Waals surface area contributed by atoms with Crippen LogP contribution in [0.5, 0.6) is 0 Å². The van der Waals surface area contributed by atoms with Gasteiger partial charge in [-0.3, -0.25) is 20.4 Å². The number of benzene rings is 2. The summed E-state index contributed by atoms with van der Waals surface area (Å²) in [5.41, 5.74) is 5.49. The summed E-state index contributed by atoms with van der Waals surface area (Å²) in [6, 6.07) is 11.1. The number of amides is 2. The van der Waals surface area contributed by atoms with Crippen LogP contribution in [0, 0.1) is 6.92 Å². The Bertz CT molecular complexity index is 779. The van der Waals surface area contributed by atoms with Gasteiger partial charge in [0.15, 0.2) is 0 Å². The van der Waals surface area contributed by atoms with E-state index in [2.05, 4.69) is 10.9 Å². The second-order valence-corrected chi connectivity index (χ2v) is 5.26. The molecule has 2 rings (SSSR count). The Morgan fingerprint density at radius 1 is 0.920 bits per heavy atom. The molecule has 7 heteroatoms. The van der Waals surface area contributed by atoms with E-state index in [1.807, 2.05) is 6.92 Å². The van der Waals surface area contributed by atoms with Crippen molar-refractivity contribution < 1.29 is 22.8 Å². The van der Waals surface area contributed by atoms with Gasteiger partial charge in [0.1, 0.15) is 0 Å². The molecule has 0 aliphatic carbocycles. The van der Waals surface area contributed by atoms with Crippen LogP contribution in [0.25, 0.3) is 6.08 Å². The highest BCUT2D eigenvalue weighted by molar-refractivity contribution is 5.97. The Morgan fingerprint density at radius 2 is 1.52 bits per heavy atom. The summed E-state index contributed by atoms with van der Waals surface area (Å²) in [4.78, 5) is 23.4. The fraction of sp³-hybridized carbons (Fsp3) is 0.111. The monoisotopic (exact) mass is 348 g/mol. The molecule has 0 unspecified atom stereocenters. The van der Waals surface area contributed by atoms with Crippen LogP contribution in [0.4, 0.5) is 13.2 Å². The van der Waals surface area contributed by atoms with Crippen molar-refractivity contribution in [1.29, 1.82) is 0 Å². The number of hydrazine groups is 1. The van der Waals surface area contributed by atoms with Gasteiger partial charge in [-0.05, 0) is 42.8 Å². The van der Waals surface area contributed by atoms with Crippen LogP contribution in [0.2, 0.25) is 0 Å². The molecule has 0 saturated heterocycles. The zero-order valence-electron chi connectivity index (χ0n) is 13.2. The highest BCUT2D eigenvalue weighted by atomic mass is 19.4. The van der Waals surface area contributed by atoms with Crippen LogP contribution < -0.4 is 10.9 Å². The highest BCUT2D eigenvalue weighted by Crippen LogP contribution is 2.29. The van der Waals surface area contributed by atoms with Gasteiger partial charge >= 0.3 is 6.18 Å². The molecule has 0 fully saturated rings. The van der Waals surface area contributed by atoms with Gasteiger partial charge in [0.25, 0.3) is 11.8 Å². The zero-order valence-corrected chi connectivity index (χ0v) is 13.2. The summed E-state index contributed by atoms with van der Waals surface area (Å²) in [5, 5.41) is 0. The Balaban J connectivity index is 1.88. The Kier molecular flexibility index (Phi) is 5.59. The maximum Gasteiger partial charge on any atom is 0.416 e. The Hall–Kier alpha value is -3.09. The second kappa shape index (κ2) is 7.65. The van der Waals surface area contributed by atoms with Crippen molar-refractivity contribution >= 4 is 17.9 Å². The third-order valence-corrected chi connectivity index (χ3v) is 3.28. The van der Waals surface area contributed by atoms with E-state index in [9.17, 15) is 22.8 Å². The van der Waals surface area contributed by atoms with Gasteiger partial charge in [-0.2, -0.15) is 13.2 Å². The largest absolute Gasteiger partial charge is 0.416 e. The molecule has 0 aromatic heterocycles. The molecule has 2 N–H and O–H groups in total. The molecule has 0 aliphatic heterocycles. The molecule has 0 atom stereocenters. The maximum absolute atomic E-state index is 12.4. The lowest BCUT2D eigenvalue weighted by molar-refractivity contribution is -0.137. The number of hydrogen-bond donors (Lipinski definition) is 2. The highest BCUT2D eigenvalue weighted by Gasteiger charge is 2.29. The van der Waals surface area contributed by atoms with Crippen molar-refractivity contribution in [2.45, 2.75) is 13.1 Å². The van der Waals surface area contributed by atoms with Gasteiger partial charge in [0.05, 0.1) is 5.56 Å². The third kappa shape index (κ3) is 5.49. The lowest BCUT2D eigenvalue weighted by Gasteiger charge is -2.06. The average Bonchev–Trinajstić information content (AvgIpc) is 2.58. The molecule has 2 amide bonds. The molecule has 0 heterocycles. The first-order valence-corrected chi connectivity index (χ1v) is 7.28. The number of aryl methyl sites for hydroxylation is 1. The zero-order chi connectivity index (χ0) is 18.4. The summed E-state index contributed by atoms with van der Waals surface area (Å²) in [6.45, 7) is 1.88. The van der Waals surface area contributed by atoms with Gasteiger partial charge in [-0.15, -0.1) is 0 Å². The fourth-order valence-corrected chi connectivity index (χ4v) is 1.89. The van der Waals surface area contributed by atoms with Crippen LogP contribution >= 0.6 is 0 Å². The number of hydrogen-bond acceptors (Lipinski definition) is 2. The van der Waals surface area contributed by atoms with E-state index in [-0.39, 0.29) is 0 Å². The molecular formula is C18H15F3N2O2. The second-order valence-electron chi connectivity index (χ2n) is 5.26. The lowest BCUT2D eigenvalue weighted by atomic mass is 10.1. The maximum atomic E-state index is 12.4. The van der Waals surface area contributed by atoms with Crippen LogP contribution in [-0.4, -0.2) is 11.8 Å². The first-order chi connectivity index (χ1) is 11.8. The van der Waals surface area contributed by atoms with Gasteiger partial charge < -0.3 is 0 Å². The fourth-order valence-electron chi connectivity index (χ4n) is 1.89. The normalized spacial score (nSPS) is 11.4. The number of carbonyl (C=O) groups is 2. The van der Waals surface area contributed by atoms with Crippen molar-refractivity contribution in [2.24, 2.45) is 0 Å². The van der Waals surface area contributed by atoms with Gasteiger partial charge in [0, 0.05) is 11.6 Å². The smallest absolute Gasteiger partial charge is 0.268 e. The van der Waals surface area contributed by atoms with Crippen molar-refractivity contribution in [3.05, 3.63) is 76.9 Å². The van der Waals surface area contributed by atoms with Crippen molar-refractivity contribution in [2.75, 3.05) is 0 Å². The molecule has 0 bridgehead atoms. The lowest BCUT2D eigenvalue weighted by Crippen LogP contribution is -2.40. The average molecular weight is 348 g/mol. The topological polar surface area (TPSA) is 58.2 Å². The van der Waals surface area contributed by atoms with E-state index in [0.717, 1.165) is 23.8 Å². The molecule has 4 nitrogen and oxygen atoms in total. The molecule has 0 radical (unpaired) electrons. The number of rotatable bonds is 3. The number of carbonyl (C=O) groups excluding carboxylic acids is 2. The Morgan fingerprint density at radius 3 is 2.08 bits per heavy atom. The summed E-state index contributed by atoms with van der Waals surface area (Å²) < 4.78 is 37.3. The minimum Gasteiger partial charge on any atom is -0.268 e. The molecule has 25 heavy (non-hydrogen) atoms. The van der Waals surface area contributed by atoms with E-state index < -0.39 is 23.6 Å². The third-order valence-electron chi connectivity index (χ3n) is 3.28.